The van der Waals surface area contributed by atoms with E-state index in [0.29, 0.717) is 0 Å². The predicted octanol–water partition coefficient (Wildman–Crippen LogP) is 1.72. The topological polar surface area (TPSA) is 98.0 Å². The fourth-order valence-electron chi connectivity index (χ4n) is 1.63. The van der Waals surface area contributed by atoms with Gasteiger partial charge in [-0.3, -0.25) is 0 Å². The van der Waals surface area contributed by atoms with Crippen LogP contribution in [0.3, 0.4) is 0 Å². The highest BCUT2D eigenvalue weighted by Gasteiger charge is 2.20. The third-order valence-corrected chi connectivity index (χ3v) is 5.55. The Morgan fingerprint density at radius 2 is 2.20 bits per heavy atom. The zero-order valence-electron chi connectivity index (χ0n) is 11.2. The van der Waals surface area contributed by atoms with Gasteiger partial charge in [0.25, 0.3) is 0 Å². The third kappa shape index (κ3) is 3.33. The summed E-state index contributed by atoms with van der Waals surface area (Å²) < 4.78 is 27.0. The number of nitrogens with zero attached hydrogens (tertiary/aromatic N) is 2. The van der Waals surface area contributed by atoms with Crippen molar-refractivity contribution < 1.29 is 8.42 Å². The number of hydrogen-bond acceptors (Lipinski definition) is 6. The standard InChI is InChI=1S/C12H16N4O2S2/c1-3-9-7-15-12(19-9)8(2)16-20(17,18)10-4-5-14-11(13)6-10/h4-8,16H,3H2,1-2H3,(H2,13,14). The number of rotatable bonds is 5. The molecular formula is C12H16N4O2S2. The van der Waals surface area contributed by atoms with Crippen molar-refractivity contribution in [3.05, 3.63) is 34.4 Å². The molecule has 2 aromatic rings. The van der Waals surface area contributed by atoms with Gasteiger partial charge in [0.05, 0.1) is 10.9 Å². The highest BCUT2D eigenvalue weighted by atomic mass is 32.2. The molecule has 0 aromatic carbocycles. The molecule has 0 aliphatic heterocycles. The molecule has 0 bridgehead atoms. The average molecular weight is 312 g/mol. The number of nitrogens with two attached hydrogens (primary N) is 1. The monoisotopic (exact) mass is 312 g/mol. The van der Waals surface area contributed by atoms with Crippen LogP contribution in [0.5, 0.6) is 0 Å². The molecule has 0 aliphatic rings. The number of aryl methyl sites for hydroxylation is 1. The minimum atomic E-state index is -3.63. The van der Waals surface area contributed by atoms with Gasteiger partial charge in [-0.05, 0) is 19.4 Å². The van der Waals surface area contributed by atoms with Crippen molar-refractivity contribution in [1.82, 2.24) is 14.7 Å². The van der Waals surface area contributed by atoms with Crippen molar-refractivity contribution in [3.8, 4) is 0 Å². The number of thiazole rings is 1. The maximum absolute atomic E-state index is 12.2. The summed E-state index contributed by atoms with van der Waals surface area (Å²) in [5, 5.41) is 0.743. The third-order valence-electron chi connectivity index (χ3n) is 2.69. The average Bonchev–Trinajstić information content (AvgIpc) is 2.87. The van der Waals surface area contributed by atoms with Gasteiger partial charge in [-0.1, -0.05) is 6.92 Å². The molecule has 0 fully saturated rings. The van der Waals surface area contributed by atoms with Crippen LogP contribution >= 0.6 is 11.3 Å². The number of hydrogen-bond donors (Lipinski definition) is 2. The minimum Gasteiger partial charge on any atom is -0.384 e. The van der Waals surface area contributed by atoms with Crippen molar-refractivity contribution >= 4 is 27.2 Å². The summed E-state index contributed by atoms with van der Waals surface area (Å²) in [5.41, 5.74) is 5.50. The second-order valence-electron chi connectivity index (χ2n) is 4.28. The quantitative estimate of drug-likeness (QED) is 0.876. The van der Waals surface area contributed by atoms with E-state index in [2.05, 4.69) is 14.7 Å². The van der Waals surface area contributed by atoms with Gasteiger partial charge in [0.15, 0.2) is 0 Å². The Labute approximate surface area is 122 Å². The predicted molar refractivity (Wildman–Crippen MR) is 78.9 cm³/mol. The number of anilines is 1. The highest BCUT2D eigenvalue weighted by molar-refractivity contribution is 7.89. The normalized spacial score (nSPS) is 13.3. The van der Waals surface area contributed by atoms with E-state index < -0.39 is 10.0 Å². The zero-order valence-corrected chi connectivity index (χ0v) is 12.8. The molecule has 2 heterocycles. The summed E-state index contributed by atoms with van der Waals surface area (Å²) in [5.74, 6) is 0.169. The molecule has 1 atom stereocenters. The summed E-state index contributed by atoms with van der Waals surface area (Å²) in [6.07, 6.45) is 4.03. The van der Waals surface area contributed by atoms with E-state index in [1.807, 2.05) is 6.92 Å². The van der Waals surface area contributed by atoms with Crippen LogP contribution < -0.4 is 10.5 Å². The van der Waals surface area contributed by atoms with Gasteiger partial charge in [-0.15, -0.1) is 11.3 Å². The van der Waals surface area contributed by atoms with Gasteiger partial charge in [0, 0.05) is 23.3 Å². The molecule has 3 N–H and O–H groups in total. The van der Waals surface area contributed by atoms with E-state index in [4.69, 9.17) is 5.73 Å². The van der Waals surface area contributed by atoms with Crippen molar-refractivity contribution in [2.75, 3.05) is 5.73 Å². The molecule has 0 saturated heterocycles. The van der Waals surface area contributed by atoms with Crippen molar-refractivity contribution in [1.29, 1.82) is 0 Å². The lowest BCUT2D eigenvalue weighted by Crippen LogP contribution is -2.27. The number of pyridine rings is 1. The highest BCUT2D eigenvalue weighted by Crippen LogP contribution is 2.22. The van der Waals surface area contributed by atoms with Gasteiger partial charge < -0.3 is 5.73 Å². The molecule has 0 radical (unpaired) electrons. The smallest absolute Gasteiger partial charge is 0.241 e. The van der Waals surface area contributed by atoms with Crippen molar-refractivity contribution in [3.63, 3.8) is 0 Å². The first-order chi connectivity index (χ1) is 9.42. The molecule has 0 amide bonds. The van der Waals surface area contributed by atoms with E-state index in [9.17, 15) is 8.42 Å². The Hall–Kier alpha value is -1.51. The van der Waals surface area contributed by atoms with E-state index in [1.54, 1.807) is 13.1 Å². The maximum Gasteiger partial charge on any atom is 0.241 e. The molecule has 0 saturated carbocycles. The second-order valence-corrected chi connectivity index (χ2v) is 7.14. The molecule has 1 unspecified atom stereocenters. The van der Waals surface area contributed by atoms with Crippen LogP contribution in [0, 0.1) is 0 Å². The number of aromatic nitrogens is 2. The summed E-state index contributed by atoms with van der Waals surface area (Å²) in [6, 6.07) is 2.35. The van der Waals surface area contributed by atoms with Gasteiger partial charge in [0.2, 0.25) is 10.0 Å². The summed E-state index contributed by atoms with van der Waals surface area (Å²) in [7, 11) is -3.63. The van der Waals surface area contributed by atoms with Gasteiger partial charge >= 0.3 is 0 Å². The molecule has 0 aliphatic carbocycles. The summed E-state index contributed by atoms with van der Waals surface area (Å²) >= 11 is 1.50. The molecule has 20 heavy (non-hydrogen) atoms. The first kappa shape index (κ1) is 14.9. The van der Waals surface area contributed by atoms with E-state index in [0.717, 1.165) is 16.3 Å². The van der Waals surface area contributed by atoms with Gasteiger partial charge in [0.1, 0.15) is 10.8 Å². The fraction of sp³-hybridized carbons (Fsp3) is 0.333. The van der Waals surface area contributed by atoms with Crippen molar-refractivity contribution in [2.45, 2.75) is 31.2 Å². The number of nitrogens with one attached hydrogen (secondary N) is 1. The molecule has 2 rings (SSSR count). The van der Waals surface area contributed by atoms with E-state index >= 15 is 0 Å². The molecule has 0 spiro atoms. The minimum absolute atomic E-state index is 0.101. The Kier molecular flexibility index (Phi) is 4.36. The van der Waals surface area contributed by atoms with Crippen LogP contribution in [-0.2, 0) is 16.4 Å². The first-order valence-corrected chi connectivity index (χ1v) is 8.41. The van der Waals surface area contributed by atoms with Gasteiger partial charge in [-0.25, -0.2) is 23.1 Å². The Balaban J connectivity index is 2.19. The van der Waals surface area contributed by atoms with E-state index in [-0.39, 0.29) is 16.8 Å². The lowest BCUT2D eigenvalue weighted by molar-refractivity contribution is 0.566. The zero-order chi connectivity index (χ0) is 14.8. The molecular weight excluding hydrogens is 296 g/mol. The van der Waals surface area contributed by atoms with Crippen LogP contribution in [0.25, 0.3) is 0 Å². The summed E-state index contributed by atoms with van der Waals surface area (Å²) in [6.45, 7) is 3.80. The maximum atomic E-state index is 12.2. The van der Waals surface area contributed by atoms with Crippen LogP contribution in [-0.4, -0.2) is 18.4 Å². The van der Waals surface area contributed by atoms with Crippen LogP contribution in [0.4, 0.5) is 5.82 Å². The molecule has 2 aromatic heterocycles. The van der Waals surface area contributed by atoms with Crippen LogP contribution in [0.2, 0.25) is 0 Å². The lowest BCUT2D eigenvalue weighted by Gasteiger charge is -2.12. The van der Waals surface area contributed by atoms with Crippen LogP contribution in [0.15, 0.2) is 29.4 Å². The van der Waals surface area contributed by atoms with Crippen LogP contribution in [0.1, 0.15) is 29.8 Å². The van der Waals surface area contributed by atoms with Crippen molar-refractivity contribution in [2.24, 2.45) is 0 Å². The van der Waals surface area contributed by atoms with Gasteiger partial charge in [-0.2, -0.15) is 0 Å². The SMILES string of the molecule is CCc1cnc(C(C)NS(=O)(=O)c2ccnc(N)c2)s1. The molecule has 8 heteroatoms. The largest absolute Gasteiger partial charge is 0.384 e. The second kappa shape index (κ2) is 5.86. The Morgan fingerprint density at radius 1 is 1.45 bits per heavy atom. The summed E-state index contributed by atoms with van der Waals surface area (Å²) in [4.78, 5) is 9.24. The van der Waals surface area contributed by atoms with E-state index in [1.165, 1.54) is 29.7 Å². The Morgan fingerprint density at radius 3 is 2.80 bits per heavy atom. The number of nitrogen functional groups attached to an aromatic ring is 1. The molecule has 108 valence electrons. The lowest BCUT2D eigenvalue weighted by atomic mass is 10.4. The first-order valence-electron chi connectivity index (χ1n) is 6.11. The molecule has 6 nitrogen and oxygen atoms in total. The Bertz CT molecular complexity index is 697. The number of sulfonamides is 1. The fourth-order valence-corrected chi connectivity index (χ4v) is 3.80.